The summed E-state index contributed by atoms with van der Waals surface area (Å²) in [5.74, 6) is 0. The first kappa shape index (κ1) is 13.2. The van der Waals surface area contributed by atoms with Crippen molar-refractivity contribution in [3.63, 3.8) is 0 Å². The van der Waals surface area contributed by atoms with Crippen LogP contribution in [0.25, 0.3) is 0 Å². The van der Waals surface area contributed by atoms with E-state index >= 15 is 0 Å². The molecule has 0 saturated heterocycles. The van der Waals surface area contributed by atoms with Gasteiger partial charge in [0.25, 0.3) is 0 Å². The van der Waals surface area contributed by atoms with Crippen LogP contribution in [0.4, 0.5) is 0 Å². The van der Waals surface area contributed by atoms with Gasteiger partial charge in [-0.1, -0.05) is 33.8 Å². The van der Waals surface area contributed by atoms with Gasteiger partial charge in [-0.15, -0.1) is 0 Å². The van der Waals surface area contributed by atoms with Crippen LogP contribution in [-0.4, -0.2) is 17.6 Å². The molecular weight excluding hydrogens is 196 g/mol. The second-order valence-electron chi connectivity index (χ2n) is 5.56. The normalized spacial score (nSPS) is 12.1. The van der Waals surface area contributed by atoms with Crippen LogP contribution < -0.4 is 5.32 Å². The van der Waals surface area contributed by atoms with Crippen LogP contribution in [0.5, 0.6) is 0 Å². The number of hydrogen-bond acceptors (Lipinski definition) is 2. The number of hydrogen-bond donors (Lipinski definition) is 1. The van der Waals surface area contributed by atoms with E-state index in [1.807, 2.05) is 18.5 Å². The molecule has 0 aliphatic carbocycles. The molecule has 1 aromatic rings. The minimum absolute atomic E-state index is 0.338. The summed E-state index contributed by atoms with van der Waals surface area (Å²) in [6.45, 7) is 10.1. The molecule has 0 atom stereocenters. The lowest BCUT2D eigenvalue weighted by Gasteiger charge is -2.25. The van der Waals surface area contributed by atoms with Crippen LogP contribution in [0.2, 0.25) is 0 Å². The first-order chi connectivity index (χ1) is 7.49. The number of pyridine rings is 1. The first-order valence-electron chi connectivity index (χ1n) is 6.12. The van der Waals surface area contributed by atoms with Gasteiger partial charge >= 0.3 is 0 Å². The molecular formula is C14H24N2. The number of aromatic nitrogens is 1. The predicted octanol–water partition coefficient (Wildman–Crippen LogP) is 3.04. The Labute approximate surface area is 99.5 Å². The standard InChI is InChI=1S/C14H24N2/c1-12(2)16-9-7-14(3,4)10-13-6-5-8-15-11-13/h5-6,8,11-12,16H,7,9-10H2,1-4H3. The summed E-state index contributed by atoms with van der Waals surface area (Å²) in [5, 5.41) is 3.47. The van der Waals surface area contributed by atoms with Crippen molar-refractivity contribution in [2.24, 2.45) is 5.41 Å². The van der Waals surface area contributed by atoms with E-state index in [9.17, 15) is 0 Å². The van der Waals surface area contributed by atoms with Gasteiger partial charge in [-0.3, -0.25) is 4.98 Å². The summed E-state index contributed by atoms with van der Waals surface area (Å²) in [5.41, 5.74) is 1.67. The SMILES string of the molecule is CC(C)NCCC(C)(C)Cc1cccnc1. The maximum Gasteiger partial charge on any atom is 0.0300 e. The van der Waals surface area contributed by atoms with Gasteiger partial charge in [0.05, 0.1) is 0 Å². The third-order valence-electron chi connectivity index (χ3n) is 2.76. The van der Waals surface area contributed by atoms with Crippen LogP contribution >= 0.6 is 0 Å². The summed E-state index contributed by atoms with van der Waals surface area (Å²) < 4.78 is 0. The van der Waals surface area contributed by atoms with Crippen LogP contribution in [-0.2, 0) is 6.42 Å². The van der Waals surface area contributed by atoms with E-state index in [0.29, 0.717) is 11.5 Å². The number of nitrogens with one attached hydrogen (secondary N) is 1. The molecule has 0 fully saturated rings. The number of rotatable bonds is 6. The number of nitrogens with zero attached hydrogens (tertiary/aromatic N) is 1. The lowest BCUT2D eigenvalue weighted by molar-refractivity contribution is 0.320. The highest BCUT2D eigenvalue weighted by molar-refractivity contribution is 5.10. The van der Waals surface area contributed by atoms with E-state index in [1.54, 1.807) is 0 Å². The molecule has 0 amide bonds. The molecule has 16 heavy (non-hydrogen) atoms. The predicted molar refractivity (Wildman–Crippen MR) is 69.5 cm³/mol. The lowest BCUT2D eigenvalue weighted by Crippen LogP contribution is -2.28. The Morgan fingerprint density at radius 3 is 2.69 bits per heavy atom. The second kappa shape index (κ2) is 6.00. The van der Waals surface area contributed by atoms with E-state index in [1.165, 1.54) is 12.0 Å². The van der Waals surface area contributed by atoms with Gasteiger partial charge in [-0.2, -0.15) is 0 Å². The zero-order valence-electron chi connectivity index (χ0n) is 11.0. The highest BCUT2D eigenvalue weighted by atomic mass is 14.9. The van der Waals surface area contributed by atoms with Crippen molar-refractivity contribution in [2.45, 2.75) is 46.6 Å². The Hall–Kier alpha value is -0.890. The largest absolute Gasteiger partial charge is 0.315 e. The molecule has 0 aliphatic heterocycles. The Morgan fingerprint density at radius 2 is 2.12 bits per heavy atom. The molecule has 0 saturated carbocycles. The molecule has 2 heteroatoms. The zero-order chi connectivity index (χ0) is 12.0. The Balaban J connectivity index is 2.39. The summed E-state index contributed by atoms with van der Waals surface area (Å²) in [6.07, 6.45) is 6.09. The van der Waals surface area contributed by atoms with Crippen molar-refractivity contribution in [3.8, 4) is 0 Å². The van der Waals surface area contributed by atoms with Gasteiger partial charge < -0.3 is 5.32 Å². The van der Waals surface area contributed by atoms with Crippen molar-refractivity contribution in [1.82, 2.24) is 10.3 Å². The fraction of sp³-hybridized carbons (Fsp3) is 0.643. The average molecular weight is 220 g/mol. The van der Waals surface area contributed by atoms with E-state index in [0.717, 1.165) is 13.0 Å². The second-order valence-corrected chi connectivity index (χ2v) is 5.56. The fourth-order valence-corrected chi connectivity index (χ4v) is 1.84. The molecule has 0 unspecified atom stereocenters. The molecule has 1 N–H and O–H groups in total. The first-order valence-corrected chi connectivity index (χ1v) is 6.12. The Morgan fingerprint density at radius 1 is 1.38 bits per heavy atom. The lowest BCUT2D eigenvalue weighted by atomic mass is 9.83. The summed E-state index contributed by atoms with van der Waals surface area (Å²) in [6, 6.07) is 4.75. The third-order valence-corrected chi connectivity index (χ3v) is 2.76. The summed E-state index contributed by atoms with van der Waals surface area (Å²) in [4.78, 5) is 4.16. The van der Waals surface area contributed by atoms with Gasteiger partial charge in [0.2, 0.25) is 0 Å². The maximum atomic E-state index is 4.16. The van der Waals surface area contributed by atoms with Crippen LogP contribution in [0.15, 0.2) is 24.5 Å². The molecule has 0 bridgehead atoms. The van der Waals surface area contributed by atoms with Crippen LogP contribution in [0.1, 0.15) is 39.7 Å². The molecule has 0 aliphatic rings. The Bertz CT molecular complexity index is 291. The molecule has 0 aromatic carbocycles. The van der Waals surface area contributed by atoms with Crippen molar-refractivity contribution >= 4 is 0 Å². The minimum Gasteiger partial charge on any atom is -0.315 e. The summed E-state index contributed by atoms with van der Waals surface area (Å²) in [7, 11) is 0. The average Bonchev–Trinajstić information content (AvgIpc) is 2.17. The highest BCUT2D eigenvalue weighted by Gasteiger charge is 2.18. The van der Waals surface area contributed by atoms with E-state index in [2.05, 4.69) is 44.1 Å². The van der Waals surface area contributed by atoms with Crippen LogP contribution in [0.3, 0.4) is 0 Å². The van der Waals surface area contributed by atoms with Gasteiger partial charge in [-0.25, -0.2) is 0 Å². The van der Waals surface area contributed by atoms with Crippen molar-refractivity contribution in [1.29, 1.82) is 0 Å². The molecule has 1 aromatic heterocycles. The zero-order valence-corrected chi connectivity index (χ0v) is 11.0. The highest BCUT2D eigenvalue weighted by Crippen LogP contribution is 2.24. The molecule has 0 spiro atoms. The Kier molecular flexibility index (Phi) is 4.94. The van der Waals surface area contributed by atoms with Gasteiger partial charge in [0.15, 0.2) is 0 Å². The molecule has 1 heterocycles. The minimum atomic E-state index is 0.338. The third kappa shape index (κ3) is 5.26. The van der Waals surface area contributed by atoms with Crippen molar-refractivity contribution in [2.75, 3.05) is 6.54 Å². The summed E-state index contributed by atoms with van der Waals surface area (Å²) >= 11 is 0. The van der Waals surface area contributed by atoms with Crippen LogP contribution in [0, 0.1) is 5.41 Å². The van der Waals surface area contributed by atoms with Gasteiger partial charge in [-0.05, 0) is 36.4 Å². The van der Waals surface area contributed by atoms with E-state index in [-0.39, 0.29) is 0 Å². The molecule has 90 valence electrons. The van der Waals surface area contributed by atoms with Gasteiger partial charge in [0.1, 0.15) is 0 Å². The fourth-order valence-electron chi connectivity index (χ4n) is 1.84. The van der Waals surface area contributed by atoms with E-state index in [4.69, 9.17) is 0 Å². The monoisotopic (exact) mass is 220 g/mol. The molecule has 2 nitrogen and oxygen atoms in total. The maximum absolute atomic E-state index is 4.16. The van der Waals surface area contributed by atoms with Gasteiger partial charge in [0, 0.05) is 18.4 Å². The van der Waals surface area contributed by atoms with Crippen molar-refractivity contribution in [3.05, 3.63) is 30.1 Å². The molecule has 0 radical (unpaired) electrons. The van der Waals surface area contributed by atoms with Crippen molar-refractivity contribution < 1.29 is 0 Å². The van der Waals surface area contributed by atoms with E-state index < -0.39 is 0 Å². The topological polar surface area (TPSA) is 24.9 Å². The molecule has 1 rings (SSSR count). The quantitative estimate of drug-likeness (QED) is 0.797. The smallest absolute Gasteiger partial charge is 0.0300 e.